The predicted molar refractivity (Wildman–Crippen MR) is 93.9 cm³/mol. The zero-order valence-corrected chi connectivity index (χ0v) is 14.3. The first kappa shape index (κ1) is 17.8. The molecule has 1 atom stereocenters. The van der Waals surface area contributed by atoms with Gasteiger partial charge in [-0.05, 0) is 62.0 Å². The number of nitrogens with one attached hydrogen (secondary N) is 2. The van der Waals surface area contributed by atoms with Gasteiger partial charge in [-0.3, -0.25) is 0 Å². The minimum atomic E-state index is -0.249. The van der Waals surface area contributed by atoms with Gasteiger partial charge in [0, 0.05) is 12.2 Å². The number of rotatable bonds is 8. The van der Waals surface area contributed by atoms with Crippen LogP contribution in [-0.2, 0) is 12.8 Å². The van der Waals surface area contributed by atoms with E-state index in [0.29, 0.717) is 0 Å². The number of aliphatic hydroxyl groups is 1. The fraction of sp³-hybridized carbons (Fsp3) is 0.611. The van der Waals surface area contributed by atoms with Gasteiger partial charge in [-0.2, -0.15) is 0 Å². The number of hydrogen-bond donors (Lipinski definition) is 3. The SMILES string of the molecule is CCN(CC)CC[C@@H](CO)NC(=O)Nc1ccc2c(c1)CCC2. The maximum absolute atomic E-state index is 12.1. The third kappa shape index (κ3) is 5.22. The van der Waals surface area contributed by atoms with Crippen molar-refractivity contribution in [1.82, 2.24) is 10.2 Å². The summed E-state index contributed by atoms with van der Waals surface area (Å²) in [5.41, 5.74) is 3.55. The number of fused-ring (bicyclic) bond motifs is 1. The Morgan fingerprint density at radius 3 is 2.70 bits per heavy atom. The predicted octanol–water partition coefficient (Wildman–Crippen LogP) is 2.39. The van der Waals surface area contributed by atoms with Crippen molar-refractivity contribution in [2.24, 2.45) is 0 Å². The number of aliphatic hydroxyl groups excluding tert-OH is 1. The Labute approximate surface area is 139 Å². The molecule has 1 aliphatic rings. The van der Waals surface area contributed by atoms with Gasteiger partial charge in [0.05, 0.1) is 12.6 Å². The summed E-state index contributed by atoms with van der Waals surface area (Å²) in [7, 11) is 0. The third-order valence-electron chi connectivity index (χ3n) is 4.60. The highest BCUT2D eigenvalue weighted by Gasteiger charge is 2.14. The van der Waals surface area contributed by atoms with Crippen molar-refractivity contribution in [3.05, 3.63) is 29.3 Å². The minimum absolute atomic E-state index is 0.0428. The summed E-state index contributed by atoms with van der Waals surface area (Å²) in [6, 6.07) is 5.65. The van der Waals surface area contributed by atoms with Gasteiger partial charge in [0.25, 0.3) is 0 Å². The number of urea groups is 1. The topological polar surface area (TPSA) is 64.6 Å². The Balaban J connectivity index is 1.82. The Bertz CT molecular complexity index is 515. The number of amides is 2. The molecule has 0 aliphatic heterocycles. The molecule has 0 unspecified atom stereocenters. The lowest BCUT2D eigenvalue weighted by molar-refractivity contribution is 0.206. The summed E-state index contributed by atoms with van der Waals surface area (Å²) in [5.74, 6) is 0. The molecule has 0 saturated heterocycles. The van der Waals surface area contributed by atoms with Crippen LogP contribution in [0.2, 0.25) is 0 Å². The molecule has 0 fully saturated rings. The first-order valence-electron chi connectivity index (χ1n) is 8.68. The van der Waals surface area contributed by atoms with E-state index in [1.807, 2.05) is 6.07 Å². The van der Waals surface area contributed by atoms with Crippen LogP contribution in [0.5, 0.6) is 0 Å². The van der Waals surface area contributed by atoms with Crippen LogP contribution in [-0.4, -0.2) is 48.3 Å². The van der Waals surface area contributed by atoms with Gasteiger partial charge < -0.3 is 20.6 Å². The van der Waals surface area contributed by atoms with Crippen molar-refractivity contribution < 1.29 is 9.90 Å². The number of hydrogen-bond acceptors (Lipinski definition) is 3. The highest BCUT2D eigenvalue weighted by molar-refractivity contribution is 5.89. The quantitative estimate of drug-likeness (QED) is 0.689. The van der Waals surface area contributed by atoms with Gasteiger partial charge in [-0.1, -0.05) is 19.9 Å². The van der Waals surface area contributed by atoms with E-state index >= 15 is 0 Å². The normalized spacial score (nSPS) is 14.6. The molecule has 0 heterocycles. The maximum atomic E-state index is 12.1. The average Bonchev–Trinajstić information content (AvgIpc) is 3.02. The van der Waals surface area contributed by atoms with Crippen molar-refractivity contribution >= 4 is 11.7 Å². The van der Waals surface area contributed by atoms with E-state index in [2.05, 4.69) is 41.5 Å². The average molecular weight is 319 g/mol. The standard InChI is InChI=1S/C18H29N3O2/c1-3-21(4-2)11-10-17(13-22)20-18(23)19-16-9-8-14-6-5-7-15(14)12-16/h8-9,12,17,22H,3-7,10-11,13H2,1-2H3,(H2,19,20,23)/t17-/m0/s1. The van der Waals surface area contributed by atoms with Crippen LogP contribution in [0.15, 0.2) is 18.2 Å². The number of nitrogens with zero attached hydrogens (tertiary/aromatic N) is 1. The zero-order valence-electron chi connectivity index (χ0n) is 14.3. The smallest absolute Gasteiger partial charge is 0.319 e. The molecule has 0 aromatic heterocycles. The van der Waals surface area contributed by atoms with Crippen LogP contribution < -0.4 is 10.6 Å². The van der Waals surface area contributed by atoms with Gasteiger partial charge in [-0.25, -0.2) is 4.79 Å². The molecule has 23 heavy (non-hydrogen) atoms. The molecular formula is C18H29N3O2. The van der Waals surface area contributed by atoms with Crippen molar-refractivity contribution in [3.63, 3.8) is 0 Å². The summed E-state index contributed by atoms with van der Waals surface area (Å²) < 4.78 is 0. The summed E-state index contributed by atoms with van der Waals surface area (Å²) in [6.45, 7) is 7.03. The molecule has 1 aromatic rings. The lowest BCUT2D eigenvalue weighted by Gasteiger charge is -2.22. The van der Waals surface area contributed by atoms with E-state index in [0.717, 1.165) is 44.6 Å². The van der Waals surface area contributed by atoms with Crippen LogP contribution >= 0.6 is 0 Å². The van der Waals surface area contributed by atoms with E-state index in [9.17, 15) is 9.90 Å². The first-order chi connectivity index (χ1) is 11.2. The number of anilines is 1. The second-order valence-electron chi connectivity index (χ2n) is 6.13. The Morgan fingerprint density at radius 2 is 2.00 bits per heavy atom. The lowest BCUT2D eigenvalue weighted by atomic mass is 10.1. The van der Waals surface area contributed by atoms with Gasteiger partial charge in [0.1, 0.15) is 0 Å². The summed E-state index contributed by atoms with van der Waals surface area (Å²) >= 11 is 0. The monoisotopic (exact) mass is 319 g/mol. The Kier molecular flexibility index (Phi) is 6.86. The Morgan fingerprint density at radius 1 is 1.26 bits per heavy atom. The fourth-order valence-electron chi connectivity index (χ4n) is 3.09. The zero-order chi connectivity index (χ0) is 16.7. The Hall–Kier alpha value is -1.59. The molecule has 2 amide bonds. The largest absolute Gasteiger partial charge is 0.394 e. The molecule has 2 rings (SSSR count). The van der Waals surface area contributed by atoms with Crippen LogP contribution in [0.1, 0.15) is 37.8 Å². The van der Waals surface area contributed by atoms with Crippen LogP contribution in [0, 0.1) is 0 Å². The number of carbonyl (C=O) groups is 1. The molecule has 0 spiro atoms. The van der Waals surface area contributed by atoms with Crippen LogP contribution in [0.4, 0.5) is 10.5 Å². The molecule has 5 nitrogen and oxygen atoms in total. The minimum Gasteiger partial charge on any atom is -0.394 e. The van der Waals surface area contributed by atoms with E-state index in [1.165, 1.54) is 17.5 Å². The number of carbonyl (C=O) groups excluding carboxylic acids is 1. The summed E-state index contributed by atoms with van der Waals surface area (Å²) in [4.78, 5) is 14.4. The van der Waals surface area contributed by atoms with Gasteiger partial charge in [0.15, 0.2) is 0 Å². The van der Waals surface area contributed by atoms with Crippen molar-refractivity contribution in [2.45, 2.75) is 45.6 Å². The number of aryl methyl sites for hydroxylation is 2. The maximum Gasteiger partial charge on any atom is 0.319 e. The van der Waals surface area contributed by atoms with Gasteiger partial charge >= 0.3 is 6.03 Å². The molecule has 128 valence electrons. The highest BCUT2D eigenvalue weighted by Crippen LogP contribution is 2.24. The second-order valence-corrected chi connectivity index (χ2v) is 6.13. The third-order valence-corrected chi connectivity index (χ3v) is 4.60. The molecule has 0 saturated carbocycles. The summed E-state index contributed by atoms with van der Waals surface area (Å²) in [6.07, 6.45) is 4.17. The van der Waals surface area contributed by atoms with Gasteiger partial charge in [-0.15, -0.1) is 0 Å². The van der Waals surface area contributed by atoms with Crippen molar-refractivity contribution in [3.8, 4) is 0 Å². The van der Waals surface area contributed by atoms with Crippen LogP contribution in [0.3, 0.4) is 0 Å². The van der Waals surface area contributed by atoms with Crippen molar-refractivity contribution in [1.29, 1.82) is 0 Å². The lowest BCUT2D eigenvalue weighted by Crippen LogP contribution is -2.42. The molecule has 0 bridgehead atoms. The van der Waals surface area contributed by atoms with E-state index in [-0.39, 0.29) is 18.7 Å². The van der Waals surface area contributed by atoms with Crippen LogP contribution in [0.25, 0.3) is 0 Å². The van der Waals surface area contributed by atoms with Crippen molar-refractivity contribution in [2.75, 3.05) is 31.6 Å². The highest BCUT2D eigenvalue weighted by atomic mass is 16.3. The second kappa shape index (κ2) is 8.89. The van der Waals surface area contributed by atoms with E-state index in [1.54, 1.807) is 0 Å². The molecule has 1 aliphatic carbocycles. The fourth-order valence-corrected chi connectivity index (χ4v) is 3.09. The van der Waals surface area contributed by atoms with E-state index < -0.39 is 0 Å². The number of benzene rings is 1. The first-order valence-corrected chi connectivity index (χ1v) is 8.68. The van der Waals surface area contributed by atoms with Gasteiger partial charge in [0.2, 0.25) is 0 Å². The molecule has 5 heteroatoms. The molecule has 1 aromatic carbocycles. The van der Waals surface area contributed by atoms with E-state index in [4.69, 9.17) is 0 Å². The molecular weight excluding hydrogens is 290 g/mol. The molecule has 3 N–H and O–H groups in total. The summed E-state index contributed by atoms with van der Waals surface area (Å²) in [5, 5.41) is 15.2. The molecule has 0 radical (unpaired) electrons.